The van der Waals surface area contributed by atoms with Gasteiger partial charge in [-0.3, -0.25) is 4.79 Å². The molecule has 1 N–H and O–H groups in total. The van der Waals surface area contributed by atoms with Gasteiger partial charge in [0.2, 0.25) is 0 Å². The van der Waals surface area contributed by atoms with E-state index in [1.54, 1.807) is 0 Å². The molecule has 0 spiro atoms. The number of amides is 1. The van der Waals surface area contributed by atoms with Crippen LogP contribution < -0.4 is 5.32 Å². The van der Waals surface area contributed by atoms with Crippen molar-refractivity contribution in [3.63, 3.8) is 0 Å². The third-order valence-electron chi connectivity index (χ3n) is 3.07. The summed E-state index contributed by atoms with van der Waals surface area (Å²) in [4.78, 5) is 12.2. The van der Waals surface area contributed by atoms with Crippen LogP contribution in [-0.2, 0) is 4.79 Å². The molecule has 0 aromatic rings. The quantitative estimate of drug-likeness (QED) is 0.801. The van der Waals surface area contributed by atoms with Crippen molar-refractivity contribution in [2.75, 3.05) is 13.1 Å². The minimum absolute atomic E-state index is 0.0342. The average molecular weight is 236 g/mol. The Morgan fingerprint density at radius 2 is 2.00 bits per heavy atom. The molecule has 0 aromatic carbocycles. The van der Waals surface area contributed by atoms with Crippen LogP contribution >= 0.6 is 0 Å². The van der Waals surface area contributed by atoms with Crippen LogP contribution in [0.3, 0.4) is 0 Å². The van der Waals surface area contributed by atoms with Gasteiger partial charge in [0.1, 0.15) is 0 Å². The van der Waals surface area contributed by atoms with Crippen LogP contribution in [0.2, 0.25) is 0 Å². The van der Waals surface area contributed by atoms with Gasteiger partial charge >= 0.3 is 12.1 Å². The summed E-state index contributed by atoms with van der Waals surface area (Å²) < 4.78 is 37.0. The molecule has 2 fully saturated rings. The molecular weight excluding hydrogens is 221 g/mol. The number of alkyl halides is 3. The number of rotatable bonds is 3. The van der Waals surface area contributed by atoms with Gasteiger partial charge in [0, 0.05) is 18.6 Å². The van der Waals surface area contributed by atoms with Crippen LogP contribution in [0, 0.1) is 0 Å². The van der Waals surface area contributed by atoms with E-state index in [1.807, 2.05) is 0 Å². The van der Waals surface area contributed by atoms with E-state index in [9.17, 15) is 18.0 Å². The van der Waals surface area contributed by atoms with Crippen LogP contribution in [0.4, 0.5) is 13.2 Å². The number of hydrogen-bond acceptors (Lipinski definition) is 2. The summed E-state index contributed by atoms with van der Waals surface area (Å²) in [5.41, 5.74) is 0. The van der Waals surface area contributed by atoms with Gasteiger partial charge in [-0.1, -0.05) is 0 Å². The van der Waals surface area contributed by atoms with Crippen molar-refractivity contribution in [1.82, 2.24) is 10.2 Å². The first-order chi connectivity index (χ1) is 7.48. The highest BCUT2D eigenvalue weighted by Crippen LogP contribution is 2.31. The second-order valence-corrected chi connectivity index (χ2v) is 4.48. The van der Waals surface area contributed by atoms with Gasteiger partial charge in [-0.25, -0.2) is 0 Å². The summed E-state index contributed by atoms with van der Waals surface area (Å²) in [6, 6.07) is -0.150. The van der Waals surface area contributed by atoms with E-state index in [0.29, 0.717) is 12.8 Å². The lowest BCUT2D eigenvalue weighted by Crippen LogP contribution is -2.47. The summed E-state index contributed by atoms with van der Waals surface area (Å²) in [6.07, 6.45) is -1.50. The minimum Gasteiger partial charge on any atom is -0.330 e. The number of carbonyl (C=O) groups excluding carboxylic acids is 1. The van der Waals surface area contributed by atoms with Crippen molar-refractivity contribution < 1.29 is 18.0 Å². The zero-order valence-electron chi connectivity index (χ0n) is 8.89. The first kappa shape index (κ1) is 11.7. The van der Waals surface area contributed by atoms with E-state index in [4.69, 9.17) is 0 Å². The molecule has 16 heavy (non-hydrogen) atoms. The van der Waals surface area contributed by atoms with Crippen LogP contribution in [-0.4, -0.2) is 42.2 Å². The first-order valence-electron chi connectivity index (χ1n) is 5.59. The van der Waals surface area contributed by atoms with Gasteiger partial charge in [0.25, 0.3) is 0 Å². The molecule has 3 nitrogen and oxygen atoms in total. The predicted molar refractivity (Wildman–Crippen MR) is 51.8 cm³/mol. The van der Waals surface area contributed by atoms with Crippen molar-refractivity contribution in [3.05, 3.63) is 0 Å². The SMILES string of the molecule is O=C(N(CC1CCCN1)C1CC1)C(F)(F)F. The van der Waals surface area contributed by atoms with E-state index in [2.05, 4.69) is 5.32 Å². The Bertz CT molecular complexity index is 270. The number of nitrogens with zero attached hydrogens (tertiary/aromatic N) is 1. The first-order valence-corrected chi connectivity index (χ1v) is 5.59. The third kappa shape index (κ3) is 2.66. The van der Waals surface area contributed by atoms with Gasteiger partial charge in [-0.15, -0.1) is 0 Å². The molecule has 2 aliphatic rings. The zero-order valence-corrected chi connectivity index (χ0v) is 8.89. The Hall–Kier alpha value is -0.780. The molecule has 0 aromatic heterocycles. The number of carbonyl (C=O) groups is 1. The fourth-order valence-electron chi connectivity index (χ4n) is 2.10. The topological polar surface area (TPSA) is 32.3 Å². The maximum atomic E-state index is 12.3. The maximum absolute atomic E-state index is 12.3. The standard InChI is InChI=1S/C10H15F3N2O/c11-10(12,13)9(16)15(8-3-4-8)6-7-2-1-5-14-7/h7-8,14H,1-6H2. The molecule has 1 heterocycles. The Morgan fingerprint density at radius 3 is 2.44 bits per heavy atom. The van der Waals surface area contributed by atoms with E-state index < -0.39 is 12.1 Å². The summed E-state index contributed by atoms with van der Waals surface area (Å²) in [7, 11) is 0. The number of hydrogen-bond donors (Lipinski definition) is 1. The smallest absolute Gasteiger partial charge is 0.330 e. The molecule has 0 radical (unpaired) electrons. The minimum atomic E-state index is -4.73. The highest BCUT2D eigenvalue weighted by molar-refractivity contribution is 5.82. The number of nitrogens with one attached hydrogen (secondary N) is 1. The second-order valence-electron chi connectivity index (χ2n) is 4.48. The molecule has 2 rings (SSSR count). The molecule has 1 amide bonds. The average Bonchev–Trinajstić information content (AvgIpc) is 2.90. The van der Waals surface area contributed by atoms with Crippen molar-refractivity contribution in [1.29, 1.82) is 0 Å². The van der Waals surface area contributed by atoms with Crippen molar-refractivity contribution in [3.8, 4) is 0 Å². The van der Waals surface area contributed by atoms with E-state index in [1.165, 1.54) is 0 Å². The largest absolute Gasteiger partial charge is 0.471 e. The van der Waals surface area contributed by atoms with Gasteiger partial charge < -0.3 is 10.2 Å². The van der Waals surface area contributed by atoms with E-state index in [0.717, 1.165) is 24.3 Å². The summed E-state index contributed by atoms with van der Waals surface area (Å²) >= 11 is 0. The van der Waals surface area contributed by atoms with Gasteiger partial charge in [0.15, 0.2) is 0 Å². The summed E-state index contributed by atoms with van der Waals surface area (Å²) in [5.74, 6) is -1.68. The van der Waals surface area contributed by atoms with Gasteiger partial charge in [-0.05, 0) is 32.2 Å². The Balaban J connectivity index is 1.96. The molecule has 0 bridgehead atoms. The molecule has 1 atom stereocenters. The molecule has 92 valence electrons. The maximum Gasteiger partial charge on any atom is 0.471 e. The molecule has 1 unspecified atom stereocenters. The molecular formula is C10H15F3N2O. The zero-order chi connectivity index (χ0) is 11.8. The van der Waals surface area contributed by atoms with Crippen molar-refractivity contribution in [2.45, 2.75) is 43.9 Å². The number of halogens is 3. The van der Waals surface area contributed by atoms with E-state index in [-0.39, 0.29) is 18.6 Å². The lowest BCUT2D eigenvalue weighted by atomic mass is 10.2. The van der Waals surface area contributed by atoms with Gasteiger partial charge in [0.05, 0.1) is 0 Å². The van der Waals surface area contributed by atoms with E-state index >= 15 is 0 Å². The summed E-state index contributed by atoms with van der Waals surface area (Å²) in [5, 5.41) is 3.11. The van der Waals surface area contributed by atoms with Crippen LogP contribution in [0.25, 0.3) is 0 Å². The van der Waals surface area contributed by atoms with Crippen molar-refractivity contribution >= 4 is 5.91 Å². The predicted octanol–water partition coefficient (Wildman–Crippen LogP) is 1.29. The Kier molecular flexibility index (Phi) is 3.10. The second kappa shape index (κ2) is 4.24. The third-order valence-corrected chi connectivity index (χ3v) is 3.07. The molecule has 1 aliphatic heterocycles. The Morgan fingerprint density at radius 1 is 1.31 bits per heavy atom. The summed E-state index contributed by atoms with van der Waals surface area (Å²) in [6.45, 7) is 1.03. The highest BCUT2D eigenvalue weighted by atomic mass is 19.4. The Labute approximate surface area is 92.0 Å². The molecule has 1 saturated heterocycles. The lowest BCUT2D eigenvalue weighted by molar-refractivity contribution is -0.186. The fraction of sp³-hybridized carbons (Fsp3) is 0.900. The lowest BCUT2D eigenvalue weighted by Gasteiger charge is -2.26. The normalized spacial score (nSPS) is 25.8. The molecule has 6 heteroatoms. The molecule has 1 saturated carbocycles. The highest BCUT2D eigenvalue weighted by Gasteiger charge is 2.47. The van der Waals surface area contributed by atoms with Crippen molar-refractivity contribution in [2.24, 2.45) is 0 Å². The van der Waals surface area contributed by atoms with Crippen LogP contribution in [0.1, 0.15) is 25.7 Å². The molecule has 1 aliphatic carbocycles. The monoisotopic (exact) mass is 236 g/mol. The van der Waals surface area contributed by atoms with Crippen LogP contribution in [0.15, 0.2) is 0 Å². The fourth-order valence-corrected chi connectivity index (χ4v) is 2.10. The van der Waals surface area contributed by atoms with Crippen LogP contribution in [0.5, 0.6) is 0 Å². The van der Waals surface area contributed by atoms with Gasteiger partial charge in [-0.2, -0.15) is 13.2 Å².